The molecule has 0 saturated carbocycles. The predicted octanol–water partition coefficient (Wildman–Crippen LogP) is 5.11. The zero-order valence-corrected chi connectivity index (χ0v) is 14.3. The molecule has 1 heteroatoms. The van der Waals surface area contributed by atoms with Crippen LogP contribution >= 0.6 is 0 Å². The van der Waals surface area contributed by atoms with Crippen LogP contribution in [0.1, 0.15) is 34.1 Å². The second-order valence-corrected chi connectivity index (χ2v) is 20.4. The third-order valence-corrected chi connectivity index (χ3v) is 9.77. The summed E-state index contributed by atoms with van der Waals surface area (Å²) in [4.78, 5) is 7.38. The van der Waals surface area contributed by atoms with Gasteiger partial charge >= 0.3 is 100 Å². The molecule has 0 bridgehead atoms. The second kappa shape index (κ2) is 6.57. The molecule has 0 atom stereocenters. The van der Waals surface area contributed by atoms with Gasteiger partial charge in [-0.1, -0.05) is 0 Å². The van der Waals surface area contributed by atoms with Crippen molar-refractivity contribution < 1.29 is 0 Å². The molecule has 86 valence electrons. The summed E-state index contributed by atoms with van der Waals surface area (Å²) in [6.45, 7) is 8.86. The molecule has 0 N–H and O–H groups in total. The van der Waals surface area contributed by atoms with Crippen molar-refractivity contribution in [2.45, 2.75) is 48.9 Å². The van der Waals surface area contributed by atoms with Gasteiger partial charge in [0.15, 0.2) is 0 Å². The summed E-state index contributed by atoms with van der Waals surface area (Å²) in [6, 6.07) is 0. The normalized spacial score (nSPS) is 15.8. The Morgan fingerprint density at radius 3 is 1.87 bits per heavy atom. The summed E-state index contributed by atoms with van der Waals surface area (Å²) in [5.74, 6) is 0. The van der Waals surface area contributed by atoms with E-state index in [1.807, 2.05) is 0 Å². The number of allylic oxidation sites excluding steroid dienone is 6. The third-order valence-electron chi connectivity index (χ3n) is 2.61. The Kier molecular flexibility index (Phi) is 6.58. The van der Waals surface area contributed by atoms with Gasteiger partial charge in [0.1, 0.15) is 0 Å². The van der Waals surface area contributed by atoms with E-state index in [0.717, 1.165) is 6.42 Å². The number of hydrogen-bond acceptors (Lipinski definition) is 0. The fourth-order valence-corrected chi connectivity index (χ4v) is 3.23. The van der Waals surface area contributed by atoms with Crippen molar-refractivity contribution in [3.8, 4) is 0 Å². The zero-order chi connectivity index (χ0) is 12.1. The van der Waals surface area contributed by atoms with E-state index in [-0.39, 0.29) is 0 Å². The molecule has 0 aromatic carbocycles. The monoisotopic (exact) mass is 314 g/mol. The molecule has 0 amide bonds. The molecule has 0 saturated heterocycles. The summed E-state index contributed by atoms with van der Waals surface area (Å²) in [6.07, 6.45) is 8.05. The van der Waals surface area contributed by atoms with Crippen LogP contribution in [0.25, 0.3) is 0 Å². The Hall–Kier alpha value is 0.0187. The average Bonchev–Trinajstić information content (AvgIpc) is 2.01. The molecule has 0 radical (unpaired) electrons. The molecule has 0 spiro atoms. The van der Waals surface area contributed by atoms with E-state index >= 15 is 0 Å². The Morgan fingerprint density at radius 2 is 1.47 bits per heavy atom. The zero-order valence-electron chi connectivity index (χ0n) is 11.4. The number of hydrogen-bond donors (Lipinski definition) is 0. The van der Waals surface area contributed by atoms with E-state index in [4.69, 9.17) is 0 Å². The Bertz CT molecular complexity index is 285. The quantitative estimate of drug-likeness (QED) is 0.499. The van der Waals surface area contributed by atoms with Crippen LogP contribution in [0.3, 0.4) is 0 Å². The van der Waals surface area contributed by atoms with Gasteiger partial charge < -0.3 is 0 Å². The molecule has 0 aliphatic carbocycles. The first-order valence-electron chi connectivity index (χ1n) is 5.81. The summed E-state index contributed by atoms with van der Waals surface area (Å²) in [5, 5.41) is 0. The Balaban J connectivity index is 4.75. The molecule has 0 rings (SSSR count). The van der Waals surface area contributed by atoms with E-state index in [0.29, 0.717) is 0 Å². The van der Waals surface area contributed by atoms with Gasteiger partial charge in [-0.2, -0.15) is 0 Å². The number of rotatable bonds is 4. The molecule has 0 aliphatic rings. The average molecular weight is 313 g/mol. The summed E-state index contributed by atoms with van der Waals surface area (Å²) < 4.78 is 1.64. The first-order chi connectivity index (χ1) is 6.77. The van der Waals surface area contributed by atoms with Crippen molar-refractivity contribution in [2.75, 3.05) is 0 Å². The maximum atomic E-state index is 2.46. The van der Waals surface area contributed by atoms with Gasteiger partial charge in [0.25, 0.3) is 0 Å². The Morgan fingerprint density at radius 1 is 0.933 bits per heavy atom. The maximum absolute atomic E-state index is 2.46. The third kappa shape index (κ3) is 6.99. The van der Waals surface area contributed by atoms with Gasteiger partial charge in [-0.3, -0.25) is 0 Å². The SMILES string of the molecule is CC/C=C(C)/C=C(C)/C=[C](/C)[Sn]([CH3])([CH3])[CH3]. The van der Waals surface area contributed by atoms with Crippen molar-refractivity contribution in [1.29, 1.82) is 0 Å². The fraction of sp³-hybridized carbons (Fsp3) is 0.571. The van der Waals surface area contributed by atoms with E-state index in [9.17, 15) is 0 Å². The van der Waals surface area contributed by atoms with Crippen molar-refractivity contribution >= 4 is 18.4 Å². The molecule has 0 fully saturated rings. The Labute approximate surface area is 100 Å². The van der Waals surface area contributed by atoms with Gasteiger partial charge in [-0.15, -0.1) is 0 Å². The molecule has 0 aromatic rings. The minimum absolute atomic E-state index is 1.12. The van der Waals surface area contributed by atoms with Gasteiger partial charge in [0.2, 0.25) is 0 Å². The van der Waals surface area contributed by atoms with E-state index in [2.05, 4.69) is 60.7 Å². The van der Waals surface area contributed by atoms with Crippen LogP contribution < -0.4 is 0 Å². The van der Waals surface area contributed by atoms with E-state index in [1.54, 1.807) is 3.59 Å². The van der Waals surface area contributed by atoms with E-state index in [1.165, 1.54) is 11.1 Å². The van der Waals surface area contributed by atoms with Gasteiger partial charge in [-0.05, 0) is 0 Å². The molecule has 15 heavy (non-hydrogen) atoms. The van der Waals surface area contributed by atoms with Crippen LogP contribution in [0.5, 0.6) is 0 Å². The van der Waals surface area contributed by atoms with Crippen molar-refractivity contribution in [2.24, 2.45) is 0 Å². The topological polar surface area (TPSA) is 0 Å². The molecule has 0 nitrogen and oxygen atoms in total. The summed E-state index contributed by atoms with van der Waals surface area (Å²) in [7, 11) is 0. The second-order valence-electron chi connectivity index (χ2n) is 5.32. The van der Waals surface area contributed by atoms with Crippen LogP contribution in [0.4, 0.5) is 0 Å². The molecule has 0 unspecified atom stereocenters. The minimum atomic E-state index is -1.79. The molecular formula is C14H26Sn. The van der Waals surface area contributed by atoms with Gasteiger partial charge in [0.05, 0.1) is 0 Å². The van der Waals surface area contributed by atoms with Crippen LogP contribution in [0.2, 0.25) is 14.8 Å². The van der Waals surface area contributed by atoms with Gasteiger partial charge in [-0.25, -0.2) is 0 Å². The first kappa shape index (κ1) is 15.0. The molecular weight excluding hydrogens is 287 g/mol. The van der Waals surface area contributed by atoms with Crippen LogP contribution in [0.15, 0.2) is 33.0 Å². The van der Waals surface area contributed by atoms with Crippen LogP contribution in [0, 0.1) is 0 Å². The van der Waals surface area contributed by atoms with Crippen LogP contribution in [-0.4, -0.2) is 18.4 Å². The molecule has 0 heterocycles. The molecule has 0 aromatic heterocycles. The van der Waals surface area contributed by atoms with Crippen molar-refractivity contribution in [3.63, 3.8) is 0 Å². The standard InChI is InChI=1S/C11H17.3CH3.Sn/c1-5-7-10(3)9-11(4)8-6-2;;;;/h7-9H,5H2,1-4H3;3*1H3;/b8-6?,10-7+,11-9+;;;;. The molecule has 0 aliphatic heterocycles. The fourth-order valence-electron chi connectivity index (χ4n) is 1.34. The first-order valence-corrected chi connectivity index (χ1v) is 15.8. The van der Waals surface area contributed by atoms with Crippen LogP contribution in [-0.2, 0) is 0 Å². The summed E-state index contributed by atoms with van der Waals surface area (Å²) >= 11 is -1.79. The van der Waals surface area contributed by atoms with E-state index < -0.39 is 18.4 Å². The van der Waals surface area contributed by atoms with Gasteiger partial charge in [0, 0.05) is 0 Å². The van der Waals surface area contributed by atoms with Crippen molar-refractivity contribution in [1.82, 2.24) is 0 Å². The predicted molar refractivity (Wildman–Crippen MR) is 74.9 cm³/mol. The van der Waals surface area contributed by atoms with Crippen molar-refractivity contribution in [3.05, 3.63) is 33.0 Å². The summed E-state index contributed by atoms with van der Waals surface area (Å²) in [5.41, 5.74) is 2.77.